The minimum atomic E-state index is -0.245. The number of halogens is 1. The lowest BCUT2D eigenvalue weighted by Gasteiger charge is -2.13. The second-order valence-corrected chi connectivity index (χ2v) is 5.84. The number of carbonyl (C=O) groups is 1. The number of ether oxygens (including phenoxy) is 1. The van der Waals surface area contributed by atoms with Crippen LogP contribution >= 0.6 is 28.1 Å². The van der Waals surface area contributed by atoms with Crippen molar-refractivity contribution in [2.75, 3.05) is 6.61 Å². The number of amides is 1. The molecule has 2 N–H and O–H groups in total. The maximum absolute atomic E-state index is 12.0. The molecule has 6 heteroatoms. The Morgan fingerprint density at radius 2 is 2.15 bits per heavy atom. The normalized spacial score (nSPS) is 10.2. The molecule has 0 aromatic heterocycles. The lowest BCUT2D eigenvalue weighted by Crippen LogP contribution is -2.42. The number of benzene rings is 1. The van der Waals surface area contributed by atoms with Crippen LogP contribution in [0.5, 0.6) is 5.75 Å². The number of rotatable bonds is 5. The van der Waals surface area contributed by atoms with E-state index in [4.69, 9.17) is 17.0 Å². The Morgan fingerprint density at radius 1 is 1.45 bits per heavy atom. The quantitative estimate of drug-likeness (QED) is 0.793. The highest BCUT2D eigenvalue weighted by atomic mass is 79.9. The summed E-state index contributed by atoms with van der Waals surface area (Å²) in [4.78, 5) is 12.0. The predicted molar refractivity (Wildman–Crippen MR) is 88.3 cm³/mol. The summed E-state index contributed by atoms with van der Waals surface area (Å²) in [6.45, 7) is 6.59. The lowest BCUT2D eigenvalue weighted by molar-refractivity contribution is 0.0976. The number of thiocarbonyl (C=S) groups is 1. The molecule has 1 aromatic rings. The summed E-state index contributed by atoms with van der Waals surface area (Å²) < 4.78 is 6.29. The van der Waals surface area contributed by atoms with E-state index < -0.39 is 0 Å². The van der Waals surface area contributed by atoms with Crippen LogP contribution < -0.4 is 15.4 Å². The van der Waals surface area contributed by atoms with Crippen molar-refractivity contribution < 1.29 is 9.53 Å². The molecular formula is C14H19BrN2O2S. The fraction of sp³-hybridized carbons (Fsp3) is 0.429. The van der Waals surface area contributed by atoms with E-state index in [1.807, 2.05) is 20.8 Å². The number of nitrogens with one attached hydrogen (secondary N) is 2. The minimum Gasteiger partial charge on any atom is -0.492 e. The van der Waals surface area contributed by atoms with E-state index >= 15 is 0 Å². The topological polar surface area (TPSA) is 50.4 Å². The third kappa shape index (κ3) is 5.46. The van der Waals surface area contributed by atoms with Gasteiger partial charge in [0.05, 0.1) is 11.1 Å². The molecule has 1 aromatic carbocycles. The smallest absolute Gasteiger partial charge is 0.257 e. The highest BCUT2D eigenvalue weighted by Gasteiger charge is 2.11. The van der Waals surface area contributed by atoms with Crippen LogP contribution in [0.3, 0.4) is 0 Å². The van der Waals surface area contributed by atoms with Crippen molar-refractivity contribution in [3.63, 3.8) is 0 Å². The van der Waals surface area contributed by atoms with Gasteiger partial charge in [0.2, 0.25) is 0 Å². The molecule has 1 rings (SSSR count). The zero-order chi connectivity index (χ0) is 15.1. The Labute approximate surface area is 133 Å². The summed E-state index contributed by atoms with van der Waals surface area (Å²) in [5, 5.41) is 5.92. The number of hydrogen-bond acceptors (Lipinski definition) is 3. The molecule has 1 amide bonds. The van der Waals surface area contributed by atoms with Crippen LogP contribution in [0, 0.1) is 0 Å². The Morgan fingerprint density at radius 3 is 2.70 bits per heavy atom. The van der Waals surface area contributed by atoms with E-state index in [1.54, 1.807) is 18.2 Å². The molecule has 0 aliphatic rings. The summed E-state index contributed by atoms with van der Waals surface area (Å²) in [6.07, 6.45) is 0.934. The van der Waals surface area contributed by atoms with Gasteiger partial charge in [0.15, 0.2) is 5.11 Å². The van der Waals surface area contributed by atoms with Gasteiger partial charge in [-0.2, -0.15) is 0 Å². The van der Waals surface area contributed by atoms with Gasteiger partial charge in [0.1, 0.15) is 5.75 Å². The highest BCUT2D eigenvalue weighted by Crippen LogP contribution is 2.26. The predicted octanol–water partition coefficient (Wildman–Crippen LogP) is 3.25. The highest BCUT2D eigenvalue weighted by molar-refractivity contribution is 9.10. The van der Waals surface area contributed by atoms with Crippen molar-refractivity contribution in [2.45, 2.75) is 33.2 Å². The average molecular weight is 359 g/mol. The van der Waals surface area contributed by atoms with Crippen LogP contribution in [-0.4, -0.2) is 23.7 Å². The first-order valence-corrected chi connectivity index (χ1v) is 7.68. The Kier molecular flexibility index (Phi) is 6.95. The molecule has 0 saturated carbocycles. The first-order chi connectivity index (χ1) is 9.43. The number of hydrogen-bond donors (Lipinski definition) is 2. The first-order valence-electron chi connectivity index (χ1n) is 6.48. The van der Waals surface area contributed by atoms with E-state index in [1.165, 1.54) is 0 Å². The maximum atomic E-state index is 12.0. The molecule has 0 spiro atoms. The zero-order valence-electron chi connectivity index (χ0n) is 11.8. The Balaban J connectivity index is 2.69. The second kappa shape index (κ2) is 8.21. The van der Waals surface area contributed by atoms with E-state index in [-0.39, 0.29) is 11.9 Å². The van der Waals surface area contributed by atoms with Gasteiger partial charge in [-0.3, -0.25) is 10.1 Å². The monoisotopic (exact) mass is 358 g/mol. The van der Waals surface area contributed by atoms with Crippen LogP contribution in [0.4, 0.5) is 0 Å². The Bertz CT molecular complexity index is 492. The fourth-order valence-electron chi connectivity index (χ4n) is 1.44. The molecule has 0 unspecified atom stereocenters. The molecule has 0 radical (unpaired) electrons. The van der Waals surface area contributed by atoms with Gasteiger partial charge in [-0.25, -0.2) is 0 Å². The zero-order valence-corrected chi connectivity index (χ0v) is 14.2. The molecule has 0 saturated heterocycles. The number of carbonyl (C=O) groups excluding carboxylic acids is 1. The molecule has 0 aliphatic carbocycles. The molecule has 0 aliphatic heterocycles. The van der Waals surface area contributed by atoms with E-state index in [0.717, 1.165) is 16.6 Å². The molecule has 0 atom stereocenters. The molecule has 0 heterocycles. The molecular weight excluding hydrogens is 340 g/mol. The van der Waals surface area contributed by atoms with Gasteiger partial charge in [0, 0.05) is 11.6 Å². The molecule has 0 bridgehead atoms. The van der Waals surface area contributed by atoms with Gasteiger partial charge >= 0.3 is 0 Å². The molecule has 0 fully saturated rings. The largest absolute Gasteiger partial charge is 0.492 e. The summed E-state index contributed by atoms with van der Waals surface area (Å²) >= 11 is 8.44. The lowest BCUT2D eigenvalue weighted by atomic mass is 10.2. The van der Waals surface area contributed by atoms with Gasteiger partial charge < -0.3 is 10.1 Å². The molecule has 4 nitrogen and oxygen atoms in total. The van der Waals surface area contributed by atoms with Crippen molar-refractivity contribution in [2.24, 2.45) is 0 Å². The van der Waals surface area contributed by atoms with Gasteiger partial charge in [-0.15, -0.1) is 0 Å². The van der Waals surface area contributed by atoms with E-state index in [0.29, 0.717) is 17.3 Å². The first kappa shape index (κ1) is 16.9. The Hall–Kier alpha value is -1.14. The van der Waals surface area contributed by atoms with E-state index in [2.05, 4.69) is 26.6 Å². The summed E-state index contributed by atoms with van der Waals surface area (Å²) in [7, 11) is 0. The molecule has 20 heavy (non-hydrogen) atoms. The van der Waals surface area contributed by atoms with Crippen molar-refractivity contribution in [1.82, 2.24) is 10.6 Å². The molecule has 110 valence electrons. The third-order valence-corrected chi connectivity index (χ3v) is 3.14. The van der Waals surface area contributed by atoms with E-state index in [9.17, 15) is 4.79 Å². The van der Waals surface area contributed by atoms with Crippen molar-refractivity contribution in [3.8, 4) is 5.75 Å². The second-order valence-electron chi connectivity index (χ2n) is 4.58. The fourth-order valence-corrected chi connectivity index (χ4v) is 2.27. The van der Waals surface area contributed by atoms with Crippen molar-refractivity contribution >= 4 is 39.2 Å². The summed E-state index contributed by atoms with van der Waals surface area (Å²) in [5.41, 5.74) is 0.522. The van der Waals surface area contributed by atoms with Crippen LogP contribution in [-0.2, 0) is 0 Å². The van der Waals surface area contributed by atoms with Crippen LogP contribution in [0.25, 0.3) is 0 Å². The SMILES string of the molecule is CCCOc1ccc(C(=O)NC(=S)NC(C)C)cc1Br. The van der Waals surface area contributed by atoms with Crippen LogP contribution in [0.15, 0.2) is 22.7 Å². The van der Waals surface area contributed by atoms with Crippen LogP contribution in [0.2, 0.25) is 0 Å². The van der Waals surface area contributed by atoms with Crippen molar-refractivity contribution in [1.29, 1.82) is 0 Å². The van der Waals surface area contributed by atoms with Gasteiger partial charge in [-0.1, -0.05) is 6.92 Å². The average Bonchev–Trinajstić information content (AvgIpc) is 2.36. The maximum Gasteiger partial charge on any atom is 0.257 e. The minimum absolute atomic E-state index is 0.180. The summed E-state index contributed by atoms with van der Waals surface area (Å²) in [6, 6.07) is 5.38. The van der Waals surface area contributed by atoms with Gasteiger partial charge in [0.25, 0.3) is 5.91 Å². The van der Waals surface area contributed by atoms with Gasteiger partial charge in [-0.05, 0) is 66.6 Å². The van der Waals surface area contributed by atoms with Crippen LogP contribution in [0.1, 0.15) is 37.6 Å². The van der Waals surface area contributed by atoms with Crippen molar-refractivity contribution in [3.05, 3.63) is 28.2 Å². The third-order valence-electron chi connectivity index (χ3n) is 2.30. The standard InChI is InChI=1S/C14H19BrN2O2S/c1-4-7-19-12-6-5-10(8-11(12)15)13(18)17-14(20)16-9(2)3/h5-6,8-9H,4,7H2,1-3H3,(H2,16,17,18,20). The summed E-state index contributed by atoms with van der Waals surface area (Å²) in [5.74, 6) is 0.483.